The van der Waals surface area contributed by atoms with Crippen molar-refractivity contribution in [2.24, 2.45) is 5.41 Å². The van der Waals surface area contributed by atoms with Crippen LogP contribution in [0.1, 0.15) is 52.0 Å². The molecular weight excluding hydrogens is 417 g/mol. The molecule has 3 aromatic rings. The Morgan fingerprint density at radius 3 is 2.33 bits per heavy atom. The number of allylic oxidation sites excluding steroid dienone is 1. The topological polar surface area (TPSA) is 55.6 Å². The molecule has 7 heteroatoms. The van der Waals surface area contributed by atoms with Crippen molar-refractivity contribution in [3.8, 4) is 0 Å². The number of hydrogen-bond donors (Lipinski definition) is 1. The lowest BCUT2D eigenvalue weighted by molar-refractivity contribution is 0.258. The summed E-state index contributed by atoms with van der Waals surface area (Å²) in [6.07, 6.45) is 4.09. The lowest BCUT2D eigenvalue weighted by atomic mass is 9.85. The van der Waals surface area contributed by atoms with E-state index in [1.165, 1.54) is 0 Å². The summed E-state index contributed by atoms with van der Waals surface area (Å²) < 4.78 is 1.89. The number of halogens is 2. The molecule has 1 heterocycles. The molecule has 0 spiro atoms. The zero-order valence-electron chi connectivity index (χ0n) is 17.9. The molecule has 2 aromatic carbocycles. The standard InChI is InChI=1S/C23H27Cl2N5/c1-22(2,3)20(14-12-16-11-13-17(24)15-19(16)25)30-21(27-28-29-30)23(4,5)26-18-9-7-6-8-10-18/h6-15,20,26H,1-5H3/b14-12-/t20-/m1/s1. The van der Waals surface area contributed by atoms with Crippen LogP contribution in [0.25, 0.3) is 6.08 Å². The van der Waals surface area contributed by atoms with E-state index in [1.54, 1.807) is 6.07 Å². The van der Waals surface area contributed by atoms with Gasteiger partial charge in [0.25, 0.3) is 0 Å². The van der Waals surface area contributed by atoms with Crippen LogP contribution in [0, 0.1) is 5.41 Å². The zero-order valence-corrected chi connectivity index (χ0v) is 19.4. The molecular formula is C23H27Cl2N5. The Labute approximate surface area is 188 Å². The summed E-state index contributed by atoms with van der Waals surface area (Å²) in [5.41, 5.74) is 1.28. The Morgan fingerprint density at radius 1 is 1.00 bits per heavy atom. The predicted octanol–water partition coefficient (Wildman–Crippen LogP) is 6.63. The van der Waals surface area contributed by atoms with E-state index >= 15 is 0 Å². The van der Waals surface area contributed by atoms with Crippen LogP contribution in [0.5, 0.6) is 0 Å². The van der Waals surface area contributed by atoms with Crippen molar-refractivity contribution in [1.82, 2.24) is 20.2 Å². The number of nitrogens with zero attached hydrogens (tertiary/aromatic N) is 4. The summed E-state index contributed by atoms with van der Waals surface area (Å²) in [5, 5.41) is 17.5. The van der Waals surface area contributed by atoms with Gasteiger partial charge in [-0.3, -0.25) is 0 Å². The zero-order chi connectivity index (χ0) is 21.9. The first-order valence-electron chi connectivity index (χ1n) is 9.83. The predicted molar refractivity (Wildman–Crippen MR) is 125 cm³/mol. The van der Waals surface area contributed by atoms with Crippen LogP contribution in [0.2, 0.25) is 10.0 Å². The summed E-state index contributed by atoms with van der Waals surface area (Å²) in [5.74, 6) is 0.748. The number of tetrazole rings is 1. The SMILES string of the molecule is CC(C)(Nc1ccccc1)c1nnnn1[C@H](/C=C\c1ccc(Cl)cc1Cl)C(C)(C)C. The molecule has 30 heavy (non-hydrogen) atoms. The molecule has 5 nitrogen and oxygen atoms in total. The quantitative estimate of drug-likeness (QED) is 0.464. The van der Waals surface area contributed by atoms with Crippen LogP contribution >= 0.6 is 23.2 Å². The van der Waals surface area contributed by atoms with Crippen molar-refractivity contribution in [2.45, 2.75) is 46.2 Å². The molecule has 0 fully saturated rings. The van der Waals surface area contributed by atoms with Gasteiger partial charge in [-0.2, -0.15) is 0 Å². The van der Waals surface area contributed by atoms with Crippen molar-refractivity contribution < 1.29 is 0 Å². The minimum atomic E-state index is -0.486. The largest absolute Gasteiger partial charge is 0.373 e. The number of hydrogen-bond acceptors (Lipinski definition) is 4. The van der Waals surface area contributed by atoms with Gasteiger partial charge in [0.2, 0.25) is 0 Å². The minimum Gasteiger partial charge on any atom is -0.373 e. The van der Waals surface area contributed by atoms with Crippen LogP contribution < -0.4 is 5.32 Å². The van der Waals surface area contributed by atoms with Crippen molar-refractivity contribution in [1.29, 1.82) is 0 Å². The summed E-state index contributed by atoms with van der Waals surface area (Å²) in [7, 11) is 0. The van der Waals surface area contributed by atoms with Crippen LogP contribution in [0.4, 0.5) is 5.69 Å². The van der Waals surface area contributed by atoms with Crippen molar-refractivity contribution in [3.63, 3.8) is 0 Å². The van der Waals surface area contributed by atoms with Gasteiger partial charge in [0.15, 0.2) is 5.82 Å². The third-order valence-corrected chi connectivity index (χ3v) is 5.42. The highest BCUT2D eigenvalue weighted by molar-refractivity contribution is 6.35. The Hall–Kier alpha value is -2.37. The first kappa shape index (κ1) is 22.3. The molecule has 0 amide bonds. The maximum atomic E-state index is 6.35. The number of anilines is 1. The molecule has 0 saturated carbocycles. The van der Waals surface area contributed by atoms with Gasteiger partial charge in [-0.25, -0.2) is 4.68 Å². The Bertz CT molecular complexity index is 1020. The van der Waals surface area contributed by atoms with E-state index in [0.717, 1.165) is 17.1 Å². The van der Waals surface area contributed by atoms with Crippen LogP contribution in [-0.4, -0.2) is 20.2 Å². The van der Waals surface area contributed by atoms with Crippen molar-refractivity contribution >= 4 is 35.0 Å². The van der Waals surface area contributed by atoms with Crippen molar-refractivity contribution in [2.75, 3.05) is 5.32 Å². The molecule has 0 aliphatic rings. The number of para-hydroxylation sites is 1. The van der Waals surface area contributed by atoms with Gasteiger partial charge in [-0.1, -0.05) is 80.4 Å². The van der Waals surface area contributed by atoms with E-state index in [9.17, 15) is 0 Å². The first-order valence-corrected chi connectivity index (χ1v) is 10.6. The lowest BCUT2D eigenvalue weighted by Crippen LogP contribution is -2.35. The molecule has 0 bridgehead atoms. The van der Waals surface area contributed by atoms with Gasteiger partial charge in [-0.15, -0.1) is 5.10 Å². The lowest BCUT2D eigenvalue weighted by Gasteiger charge is -2.33. The monoisotopic (exact) mass is 443 g/mol. The average molecular weight is 444 g/mol. The number of rotatable bonds is 6. The van der Waals surface area contributed by atoms with Crippen LogP contribution in [-0.2, 0) is 5.54 Å². The molecule has 1 N–H and O–H groups in total. The number of benzene rings is 2. The fourth-order valence-electron chi connectivity index (χ4n) is 3.30. The highest BCUT2D eigenvalue weighted by Crippen LogP contribution is 2.35. The number of aromatic nitrogens is 4. The number of nitrogens with one attached hydrogen (secondary N) is 1. The van der Waals surface area contributed by atoms with Crippen LogP contribution in [0.15, 0.2) is 54.6 Å². The molecule has 1 aromatic heterocycles. The second-order valence-electron chi connectivity index (χ2n) is 8.90. The highest BCUT2D eigenvalue weighted by atomic mass is 35.5. The minimum absolute atomic E-state index is 0.0916. The third-order valence-electron chi connectivity index (χ3n) is 4.85. The van der Waals surface area contributed by atoms with E-state index in [1.807, 2.05) is 53.2 Å². The van der Waals surface area contributed by atoms with Gasteiger partial charge >= 0.3 is 0 Å². The summed E-state index contributed by atoms with van der Waals surface area (Å²) in [6.45, 7) is 10.6. The average Bonchev–Trinajstić information content (AvgIpc) is 3.13. The Kier molecular flexibility index (Phi) is 6.53. The van der Waals surface area contributed by atoms with E-state index in [4.69, 9.17) is 23.2 Å². The van der Waals surface area contributed by atoms with Gasteiger partial charge in [0.05, 0.1) is 11.6 Å². The second kappa shape index (κ2) is 8.78. The maximum absolute atomic E-state index is 6.35. The maximum Gasteiger partial charge on any atom is 0.176 e. The molecule has 0 unspecified atom stereocenters. The summed E-state index contributed by atoms with van der Waals surface area (Å²) in [6, 6.07) is 15.4. The molecule has 158 valence electrons. The van der Waals surface area contributed by atoms with Crippen molar-refractivity contribution in [3.05, 3.63) is 76.0 Å². The Morgan fingerprint density at radius 2 is 1.70 bits per heavy atom. The summed E-state index contributed by atoms with van der Waals surface area (Å²) in [4.78, 5) is 0. The van der Waals surface area contributed by atoms with Gasteiger partial charge in [-0.05, 0) is 59.5 Å². The molecule has 0 aliphatic carbocycles. The van der Waals surface area contributed by atoms with E-state index in [0.29, 0.717) is 10.0 Å². The van der Waals surface area contributed by atoms with E-state index in [2.05, 4.69) is 61.5 Å². The van der Waals surface area contributed by atoms with Gasteiger partial charge in [0, 0.05) is 15.7 Å². The fraction of sp³-hybridized carbons (Fsp3) is 0.348. The van der Waals surface area contributed by atoms with E-state index < -0.39 is 5.54 Å². The normalized spacial score (nSPS) is 13.6. The smallest absolute Gasteiger partial charge is 0.176 e. The highest BCUT2D eigenvalue weighted by Gasteiger charge is 2.34. The second-order valence-corrected chi connectivity index (χ2v) is 9.74. The molecule has 0 saturated heterocycles. The van der Waals surface area contributed by atoms with Gasteiger partial charge < -0.3 is 5.32 Å². The van der Waals surface area contributed by atoms with Gasteiger partial charge in [0.1, 0.15) is 0 Å². The first-order chi connectivity index (χ1) is 14.1. The fourth-order valence-corrected chi connectivity index (χ4v) is 3.77. The van der Waals surface area contributed by atoms with Crippen LogP contribution in [0.3, 0.4) is 0 Å². The summed E-state index contributed by atoms with van der Waals surface area (Å²) >= 11 is 12.4. The van der Waals surface area contributed by atoms with E-state index in [-0.39, 0.29) is 11.5 Å². The molecule has 3 rings (SSSR count). The molecule has 1 atom stereocenters. The third kappa shape index (κ3) is 5.21. The Balaban J connectivity index is 1.97. The molecule has 0 aliphatic heterocycles. The molecule has 0 radical (unpaired) electrons.